The topological polar surface area (TPSA) is 40.5 Å². The van der Waals surface area contributed by atoms with Crippen molar-refractivity contribution in [1.82, 2.24) is 0 Å². The van der Waals surface area contributed by atoms with Crippen LogP contribution in [0.5, 0.6) is 0 Å². The summed E-state index contributed by atoms with van der Waals surface area (Å²) in [6.45, 7) is 7.04. The number of hydrogen-bond acceptors (Lipinski definition) is 2. The predicted molar refractivity (Wildman–Crippen MR) is 51.2 cm³/mol. The molecule has 2 N–H and O–H groups in total. The number of aliphatic hydroxyl groups is 2. The molecule has 0 heterocycles. The lowest BCUT2D eigenvalue weighted by molar-refractivity contribution is 0.0680. The lowest BCUT2D eigenvalue weighted by Gasteiger charge is -2.16. The molecule has 2 nitrogen and oxygen atoms in total. The van der Waals surface area contributed by atoms with Crippen LogP contribution in [-0.2, 0) is 0 Å². The van der Waals surface area contributed by atoms with Crippen molar-refractivity contribution >= 4 is 0 Å². The predicted octanol–water partition coefficient (Wildman–Crippen LogP) is 2.78. The Morgan fingerprint density at radius 1 is 1.25 bits per heavy atom. The highest BCUT2D eigenvalue weighted by atomic mass is 16.3. The molecule has 12 heavy (non-hydrogen) atoms. The first-order valence-corrected chi connectivity index (χ1v) is 4.51. The molecular formula is C10H20O2. The molecule has 0 bridgehead atoms. The van der Waals surface area contributed by atoms with E-state index in [1.807, 2.05) is 13.8 Å². The number of allylic oxidation sites excluding steroid dienone is 1. The van der Waals surface area contributed by atoms with E-state index in [2.05, 4.69) is 6.58 Å². The first-order chi connectivity index (χ1) is 5.42. The van der Waals surface area contributed by atoms with Crippen LogP contribution in [0.4, 0.5) is 0 Å². The van der Waals surface area contributed by atoms with Gasteiger partial charge in [0.1, 0.15) is 0 Å². The summed E-state index contributed by atoms with van der Waals surface area (Å²) in [5.74, 6) is 0.262. The summed E-state index contributed by atoms with van der Waals surface area (Å²) in [6.07, 6.45) is 4.53. The Balaban J connectivity index is 3.17. The molecule has 0 amide bonds. The van der Waals surface area contributed by atoms with E-state index in [1.165, 1.54) is 0 Å². The monoisotopic (exact) mass is 172 g/mol. The zero-order valence-electron chi connectivity index (χ0n) is 8.14. The molecule has 0 saturated heterocycles. The summed E-state index contributed by atoms with van der Waals surface area (Å²) in [7, 11) is 0. The van der Waals surface area contributed by atoms with Crippen LogP contribution in [-0.4, -0.2) is 15.8 Å². The summed E-state index contributed by atoms with van der Waals surface area (Å²) in [5, 5.41) is 18.1. The van der Waals surface area contributed by atoms with Crippen molar-refractivity contribution in [3.05, 3.63) is 12.3 Å². The summed E-state index contributed by atoms with van der Waals surface area (Å²) < 4.78 is 0. The Morgan fingerprint density at radius 2 is 1.83 bits per heavy atom. The molecule has 0 atom stereocenters. The highest BCUT2D eigenvalue weighted by Crippen LogP contribution is 2.14. The maximum absolute atomic E-state index is 9.36. The number of aliphatic hydroxyl groups excluding tert-OH is 1. The van der Waals surface area contributed by atoms with Crippen molar-refractivity contribution in [3.8, 4) is 0 Å². The molecule has 0 spiro atoms. The average Bonchev–Trinajstić information content (AvgIpc) is 1.83. The van der Waals surface area contributed by atoms with E-state index in [9.17, 15) is 5.11 Å². The van der Waals surface area contributed by atoms with E-state index in [0.717, 1.165) is 25.7 Å². The third-order valence-electron chi connectivity index (χ3n) is 1.75. The second-order valence-electron chi connectivity index (χ2n) is 3.94. The van der Waals surface area contributed by atoms with Crippen molar-refractivity contribution in [2.45, 2.75) is 51.6 Å². The van der Waals surface area contributed by atoms with Crippen molar-refractivity contribution in [2.75, 3.05) is 0 Å². The molecule has 0 aromatic carbocycles. The van der Waals surface area contributed by atoms with Gasteiger partial charge >= 0.3 is 0 Å². The molecule has 0 radical (unpaired) electrons. The minimum absolute atomic E-state index is 0.262. The maximum atomic E-state index is 9.36. The van der Waals surface area contributed by atoms with Crippen molar-refractivity contribution in [1.29, 1.82) is 0 Å². The van der Waals surface area contributed by atoms with Crippen LogP contribution in [0, 0.1) is 0 Å². The molecule has 0 aliphatic carbocycles. The zero-order valence-corrected chi connectivity index (χ0v) is 8.14. The molecule has 0 rings (SSSR count). The third-order valence-corrected chi connectivity index (χ3v) is 1.75. The van der Waals surface area contributed by atoms with Gasteiger partial charge in [0.25, 0.3) is 0 Å². The number of unbranched alkanes of at least 4 members (excludes halogenated alkanes) is 2. The smallest absolute Gasteiger partial charge is 0.0851 e. The highest BCUT2D eigenvalue weighted by molar-refractivity contribution is 4.77. The molecule has 0 aromatic heterocycles. The molecule has 0 aliphatic rings. The lowest BCUT2D eigenvalue weighted by Crippen LogP contribution is -2.17. The van der Waals surface area contributed by atoms with E-state index in [4.69, 9.17) is 5.11 Å². The summed E-state index contributed by atoms with van der Waals surface area (Å²) in [4.78, 5) is 0. The lowest BCUT2D eigenvalue weighted by atomic mass is 10.0. The first kappa shape index (κ1) is 11.5. The van der Waals surface area contributed by atoms with Crippen LogP contribution in [0.1, 0.15) is 46.0 Å². The van der Waals surface area contributed by atoms with Gasteiger partial charge in [0.15, 0.2) is 0 Å². The molecule has 0 aliphatic heterocycles. The van der Waals surface area contributed by atoms with Gasteiger partial charge in [0.2, 0.25) is 0 Å². The van der Waals surface area contributed by atoms with Gasteiger partial charge in [-0.1, -0.05) is 19.4 Å². The fourth-order valence-electron chi connectivity index (χ4n) is 1.06. The Kier molecular flexibility index (Phi) is 4.98. The minimum atomic E-state index is -0.545. The van der Waals surface area contributed by atoms with Crippen LogP contribution < -0.4 is 0 Å². The van der Waals surface area contributed by atoms with Gasteiger partial charge in [-0.2, -0.15) is 0 Å². The van der Waals surface area contributed by atoms with Gasteiger partial charge in [-0.05, 0) is 26.7 Å². The number of rotatable bonds is 6. The zero-order chi connectivity index (χ0) is 9.61. The molecule has 72 valence electrons. The Morgan fingerprint density at radius 3 is 2.25 bits per heavy atom. The van der Waals surface area contributed by atoms with Gasteiger partial charge in [0, 0.05) is 6.42 Å². The first-order valence-electron chi connectivity index (χ1n) is 4.51. The SMILES string of the molecule is C=C(O)CCCCCC(C)(C)O. The van der Waals surface area contributed by atoms with E-state index < -0.39 is 5.60 Å². The highest BCUT2D eigenvalue weighted by Gasteiger charge is 2.10. The Bertz CT molecular complexity index is 133. The van der Waals surface area contributed by atoms with Crippen LogP contribution in [0.2, 0.25) is 0 Å². The van der Waals surface area contributed by atoms with E-state index in [-0.39, 0.29) is 5.76 Å². The van der Waals surface area contributed by atoms with Gasteiger partial charge < -0.3 is 10.2 Å². The number of hydrogen-bond donors (Lipinski definition) is 2. The summed E-state index contributed by atoms with van der Waals surface area (Å²) in [5.41, 5.74) is -0.545. The van der Waals surface area contributed by atoms with Gasteiger partial charge in [0.05, 0.1) is 11.4 Å². The normalized spacial score (nSPS) is 11.6. The van der Waals surface area contributed by atoms with Gasteiger partial charge in [-0.15, -0.1) is 0 Å². The second kappa shape index (κ2) is 5.20. The second-order valence-corrected chi connectivity index (χ2v) is 3.94. The van der Waals surface area contributed by atoms with E-state index in [1.54, 1.807) is 0 Å². The molecular weight excluding hydrogens is 152 g/mol. The summed E-state index contributed by atoms with van der Waals surface area (Å²) in [6, 6.07) is 0. The minimum Gasteiger partial charge on any atom is -0.513 e. The molecule has 0 aromatic rings. The van der Waals surface area contributed by atoms with Crippen molar-refractivity contribution in [2.24, 2.45) is 0 Å². The standard InChI is InChI=1S/C10H20O2/c1-9(11)7-5-4-6-8-10(2,3)12/h11-12H,1,4-8H2,2-3H3. The van der Waals surface area contributed by atoms with E-state index >= 15 is 0 Å². The Hall–Kier alpha value is -0.500. The fourth-order valence-corrected chi connectivity index (χ4v) is 1.06. The molecule has 0 saturated carbocycles. The van der Waals surface area contributed by atoms with Crippen molar-refractivity contribution in [3.63, 3.8) is 0 Å². The maximum Gasteiger partial charge on any atom is 0.0851 e. The average molecular weight is 172 g/mol. The molecule has 0 unspecified atom stereocenters. The third kappa shape index (κ3) is 9.50. The van der Waals surface area contributed by atoms with Crippen LogP contribution in [0.3, 0.4) is 0 Å². The quantitative estimate of drug-likeness (QED) is 0.477. The van der Waals surface area contributed by atoms with Gasteiger partial charge in [-0.3, -0.25) is 0 Å². The molecule has 2 heteroatoms. The van der Waals surface area contributed by atoms with Gasteiger partial charge in [-0.25, -0.2) is 0 Å². The fraction of sp³-hybridized carbons (Fsp3) is 0.800. The van der Waals surface area contributed by atoms with Crippen LogP contribution >= 0.6 is 0 Å². The summed E-state index contributed by atoms with van der Waals surface area (Å²) >= 11 is 0. The van der Waals surface area contributed by atoms with Crippen molar-refractivity contribution < 1.29 is 10.2 Å². The largest absolute Gasteiger partial charge is 0.513 e. The molecule has 0 fully saturated rings. The Labute approximate surface area is 74.9 Å². The van der Waals surface area contributed by atoms with Crippen LogP contribution in [0.25, 0.3) is 0 Å². The van der Waals surface area contributed by atoms with E-state index in [0.29, 0.717) is 6.42 Å². The van der Waals surface area contributed by atoms with Crippen LogP contribution in [0.15, 0.2) is 12.3 Å².